The number of carbonyl (C=O) groups excluding carboxylic acids is 1. The van der Waals surface area contributed by atoms with Crippen molar-refractivity contribution in [3.05, 3.63) is 23.8 Å². The van der Waals surface area contributed by atoms with Crippen LogP contribution in [-0.4, -0.2) is 45.6 Å². The molecule has 0 unspecified atom stereocenters. The monoisotopic (exact) mass is 357 g/mol. The van der Waals surface area contributed by atoms with Gasteiger partial charge in [0.05, 0.1) is 0 Å². The second-order valence-electron chi connectivity index (χ2n) is 6.03. The molecular weight excluding hydrogens is 334 g/mol. The second kappa shape index (κ2) is 7.37. The minimum Gasteiger partial charge on any atom is -0.454 e. The van der Waals surface area contributed by atoms with E-state index < -0.39 is 16.3 Å². The molecule has 2 rings (SSSR count). The van der Waals surface area contributed by atoms with Crippen LogP contribution in [0.3, 0.4) is 0 Å². The third-order valence-electron chi connectivity index (χ3n) is 3.61. The number of fused-ring (bicyclic) bond motifs is 1. The Balaban J connectivity index is 2.00. The van der Waals surface area contributed by atoms with Gasteiger partial charge < -0.3 is 14.8 Å². The Kier molecular flexibility index (Phi) is 5.68. The first-order chi connectivity index (χ1) is 11.2. The number of rotatable bonds is 7. The van der Waals surface area contributed by atoms with Gasteiger partial charge in [-0.15, -0.1) is 0 Å². The summed E-state index contributed by atoms with van der Waals surface area (Å²) in [6.45, 7) is 4.02. The summed E-state index contributed by atoms with van der Waals surface area (Å²) in [5, 5.41) is 2.75. The molecule has 1 heterocycles. The number of benzene rings is 1. The van der Waals surface area contributed by atoms with E-state index in [9.17, 15) is 13.2 Å². The van der Waals surface area contributed by atoms with Crippen molar-refractivity contribution in [2.24, 2.45) is 5.92 Å². The van der Waals surface area contributed by atoms with E-state index in [1.54, 1.807) is 26.0 Å². The van der Waals surface area contributed by atoms with Gasteiger partial charge in [0.2, 0.25) is 12.7 Å². The summed E-state index contributed by atoms with van der Waals surface area (Å²) in [5.41, 5.74) is 0.838. The fourth-order valence-electron chi connectivity index (χ4n) is 2.11. The molecule has 134 valence electrons. The van der Waals surface area contributed by atoms with E-state index in [0.29, 0.717) is 11.5 Å². The van der Waals surface area contributed by atoms with Crippen molar-refractivity contribution in [3.63, 3.8) is 0 Å². The summed E-state index contributed by atoms with van der Waals surface area (Å²) in [5.74, 6) is 0.726. The quantitative estimate of drug-likeness (QED) is 0.739. The number of ether oxygens (including phenoxy) is 2. The molecule has 9 heteroatoms. The van der Waals surface area contributed by atoms with E-state index >= 15 is 0 Å². The first-order valence-electron chi connectivity index (χ1n) is 7.56. The highest BCUT2D eigenvalue weighted by atomic mass is 32.2. The molecule has 1 amide bonds. The first kappa shape index (κ1) is 18.5. The number of hydrogen-bond acceptors (Lipinski definition) is 5. The molecule has 2 N–H and O–H groups in total. The third kappa shape index (κ3) is 4.37. The Labute approximate surface area is 142 Å². The van der Waals surface area contributed by atoms with Crippen LogP contribution < -0.4 is 19.5 Å². The highest BCUT2D eigenvalue weighted by molar-refractivity contribution is 7.87. The maximum absolute atomic E-state index is 12.4. The molecule has 0 saturated carbocycles. The van der Waals surface area contributed by atoms with Crippen molar-refractivity contribution < 1.29 is 22.7 Å². The zero-order chi connectivity index (χ0) is 17.9. The van der Waals surface area contributed by atoms with Crippen molar-refractivity contribution in [1.29, 1.82) is 0 Å². The Bertz CT molecular complexity index is 703. The number of amides is 1. The zero-order valence-corrected chi connectivity index (χ0v) is 15.0. The highest BCUT2D eigenvalue weighted by Crippen LogP contribution is 2.32. The molecule has 0 saturated heterocycles. The van der Waals surface area contributed by atoms with Crippen molar-refractivity contribution in [1.82, 2.24) is 14.3 Å². The molecule has 1 aromatic rings. The predicted molar refractivity (Wildman–Crippen MR) is 88.8 cm³/mol. The Hall–Kier alpha value is -1.84. The Morgan fingerprint density at radius 1 is 1.25 bits per heavy atom. The minimum absolute atomic E-state index is 0.187. The maximum Gasteiger partial charge on any atom is 0.279 e. The van der Waals surface area contributed by atoms with Crippen molar-refractivity contribution in [2.45, 2.75) is 26.4 Å². The van der Waals surface area contributed by atoms with Gasteiger partial charge in [0.25, 0.3) is 10.2 Å². The summed E-state index contributed by atoms with van der Waals surface area (Å²) < 4.78 is 37.9. The minimum atomic E-state index is -3.69. The van der Waals surface area contributed by atoms with Crippen molar-refractivity contribution in [3.8, 4) is 11.5 Å². The van der Waals surface area contributed by atoms with Crippen LogP contribution in [0.25, 0.3) is 0 Å². The van der Waals surface area contributed by atoms with Crippen LogP contribution in [0.2, 0.25) is 0 Å². The fourth-order valence-corrected chi connectivity index (χ4v) is 3.02. The predicted octanol–water partition coefficient (Wildman–Crippen LogP) is 0.452. The standard InChI is InChI=1S/C15H23N3O5S/c1-10(2)14(17-24(20,21)18(3)4)15(19)16-8-11-5-6-12-13(7-11)23-9-22-12/h5-7,10,14,17H,8-9H2,1-4H3,(H,16,19)/t14-/m0/s1. The Morgan fingerprint density at radius 2 is 1.92 bits per heavy atom. The number of carbonyl (C=O) groups is 1. The van der Waals surface area contributed by atoms with Gasteiger partial charge in [-0.25, -0.2) is 0 Å². The van der Waals surface area contributed by atoms with Gasteiger partial charge in [-0.3, -0.25) is 4.79 Å². The van der Waals surface area contributed by atoms with E-state index in [4.69, 9.17) is 9.47 Å². The van der Waals surface area contributed by atoms with Gasteiger partial charge in [0, 0.05) is 20.6 Å². The van der Waals surface area contributed by atoms with Crippen LogP contribution in [0.15, 0.2) is 18.2 Å². The molecule has 24 heavy (non-hydrogen) atoms. The first-order valence-corrected chi connectivity index (χ1v) is 9.00. The topological polar surface area (TPSA) is 97.0 Å². The van der Waals surface area contributed by atoms with E-state index in [-0.39, 0.29) is 25.2 Å². The van der Waals surface area contributed by atoms with E-state index in [0.717, 1.165) is 9.87 Å². The van der Waals surface area contributed by atoms with E-state index in [2.05, 4.69) is 10.0 Å². The maximum atomic E-state index is 12.4. The van der Waals surface area contributed by atoms with E-state index in [1.165, 1.54) is 14.1 Å². The SMILES string of the molecule is CC(C)[C@H](NS(=O)(=O)N(C)C)C(=O)NCc1ccc2c(c1)OCO2. The van der Waals surface area contributed by atoms with Crippen LogP contribution >= 0.6 is 0 Å². The summed E-state index contributed by atoms with van der Waals surface area (Å²) in [4.78, 5) is 12.4. The van der Waals surface area contributed by atoms with Crippen LogP contribution in [0.1, 0.15) is 19.4 Å². The molecule has 0 spiro atoms. The number of hydrogen-bond donors (Lipinski definition) is 2. The lowest BCUT2D eigenvalue weighted by atomic mass is 10.0. The van der Waals surface area contributed by atoms with Crippen LogP contribution in [0.5, 0.6) is 11.5 Å². The molecule has 8 nitrogen and oxygen atoms in total. The van der Waals surface area contributed by atoms with Crippen molar-refractivity contribution in [2.75, 3.05) is 20.9 Å². The lowest BCUT2D eigenvalue weighted by Crippen LogP contribution is -2.52. The molecule has 1 aliphatic heterocycles. The summed E-state index contributed by atoms with van der Waals surface area (Å²) in [6, 6.07) is 4.53. The molecule has 0 aliphatic carbocycles. The van der Waals surface area contributed by atoms with Crippen molar-refractivity contribution >= 4 is 16.1 Å². The lowest BCUT2D eigenvalue weighted by Gasteiger charge is -2.23. The molecule has 0 radical (unpaired) electrons. The smallest absolute Gasteiger partial charge is 0.279 e. The molecule has 0 bridgehead atoms. The molecule has 0 fully saturated rings. The second-order valence-corrected chi connectivity index (χ2v) is 7.95. The average molecular weight is 357 g/mol. The summed E-state index contributed by atoms with van der Waals surface area (Å²) >= 11 is 0. The number of nitrogens with zero attached hydrogens (tertiary/aromatic N) is 1. The van der Waals surface area contributed by atoms with Gasteiger partial charge in [-0.05, 0) is 23.6 Å². The molecule has 1 aliphatic rings. The van der Waals surface area contributed by atoms with Crippen LogP contribution in [-0.2, 0) is 21.5 Å². The normalized spacial score (nSPS) is 14.9. The van der Waals surface area contributed by atoms with Gasteiger partial charge >= 0.3 is 0 Å². The summed E-state index contributed by atoms with van der Waals surface area (Å²) in [6.07, 6.45) is 0. The largest absolute Gasteiger partial charge is 0.454 e. The van der Waals surface area contributed by atoms with Gasteiger partial charge in [0.15, 0.2) is 11.5 Å². The zero-order valence-electron chi connectivity index (χ0n) is 14.2. The van der Waals surface area contributed by atoms with Gasteiger partial charge in [0.1, 0.15) is 6.04 Å². The summed E-state index contributed by atoms with van der Waals surface area (Å²) in [7, 11) is -0.878. The van der Waals surface area contributed by atoms with E-state index in [1.807, 2.05) is 6.07 Å². The average Bonchev–Trinajstić information content (AvgIpc) is 2.97. The van der Waals surface area contributed by atoms with Gasteiger partial charge in [-0.2, -0.15) is 17.4 Å². The molecule has 1 aromatic carbocycles. The lowest BCUT2D eigenvalue weighted by molar-refractivity contribution is -0.123. The third-order valence-corrected chi connectivity index (χ3v) is 5.12. The molecule has 0 aromatic heterocycles. The molecular formula is C15H23N3O5S. The van der Waals surface area contributed by atoms with Gasteiger partial charge in [-0.1, -0.05) is 19.9 Å². The molecule has 1 atom stereocenters. The Morgan fingerprint density at radius 3 is 2.54 bits per heavy atom. The highest BCUT2D eigenvalue weighted by Gasteiger charge is 2.28. The number of nitrogens with one attached hydrogen (secondary N) is 2. The fraction of sp³-hybridized carbons (Fsp3) is 0.533. The van der Waals surface area contributed by atoms with Crippen LogP contribution in [0.4, 0.5) is 0 Å². The van der Waals surface area contributed by atoms with Crippen LogP contribution in [0, 0.1) is 5.92 Å².